The second kappa shape index (κ2) is 5.33. The van der Waals surface area contributed by atoms with Gasteiger partial charge in [-0.25, -0.2) is 9.37 Å². The molecule has 0 aliphatic heterocycles. The van der Waals surface area contributed by atoms with Gasteiger partial charge < -0.3 is 10.5 Å². The van der Waals surface area contributed by atoms with Gasteiger partial charge in [0.15, 0.2) is 0 Å². The first-order chi connectivity index (χ1) is 8.56. The van der Waals surface area contributed by atoms with Gasteiger partial charge in [0, 0.05) is 24.4 Å². The van der Waals surface area contributed by atoms with Crippen LogP contribution in [0.25, 0.3) is 0 Å². The van der Waals surface area contributed by atoms with Crippen molar-refractivity contribution in [3.63, 3.8) is 0 Å². The Hall–Kier alpha value is -1.65. The molecule has 0 saturated heterocycles. The van der Waals surface area contributed by atoms with Gasteiger partial charge in [0.25, 0.3) is 0 Å². The van der Waals surface area contributed by atoms with Gasteiger partial charge in [-0.3, -0.25) is 0 Å². The van der Waals surface area contributed by atoms with Crippen molar-refractivity contribution < 1.29 is 9.13 Å². The monoisotopic (exact) mass is 266 g/mol. The molecule has 0 bridgehead atoms. The van der Waals surface area contributed by atoms with Crippen molar-refractivity contribution in [2.45, 2.75) is 13.0 Å². The number of nitrogens with zero attached hydrogens (tertiary/aromatic N) is 1. The number of hydrogen-bond donors (Lipinski definition) is 1. The molecule has 0 spiro atoms. The Balaban J connectivity index is 2.15. The van der Waals surface area contributed by atoms with E-state index in [-0.39, 0.29) is 11.1 Å². The van der Waals surface area contributed by atoms with Gasteiger partial charge in [0.1, 0.15) is 11.6 Å². The first-order valence-electron chi connectivity index (χ1n) is 5.40. The lowest BCUT2D eigenvalue weighted by atomic mass is 10.2. The number of aromatic nitrogens is 1. The summed E-state index contributed by atoms with van der Waals surface area (Å²) in [5, 5.41) is 0.0136. The lowest BCUT2D eigenvalue weighted by Gasteiger charge is -2.08. The second-order valence-electron chi connectivity index (χ2n) is 3.90. The van der Waals surface area contributed by atoms with Crippen molar-refractivity contribution in [1.29, 1.82) is 0 Å². The maximum absolute atomic E-state index is 13.0. The lowest BCUT2D eigenvalue weighted by molar-refractivity contribution is 0.460. The van der Waals surface area contributed by atoms with Crippen LogP contribution < -0.4 is 10.5 Å². The highest BCUT2D eigenvalue weighted by Gasteiger charge is 2.05. The van der Waals surface area contributed by atoms with E-state index in [4.69, 9.17) is 22.1 Å². The predicted octanol–water partition coefficient (Wildman–Crippen LogP) is 3.69. The van der Waals surface area contributed by atoms with E-state index < -0.39 is 5.82 Å². The highest BCUT2D eigenvalue weighted by molar-refractivity contribution is 6.30. The summed E-state index contributed by atoms with van der Waals surface area (Å²) in [6, 6.07) is 7.59. The molecule has 1 unspecified atom stereocenters. The second-order valence-corrected chi connectivity index (χ2v) is 4.30. The van der Waals surface area contributed by atoms with Crippen molar-refractivity contribution in [3.8, 4) is 11.6 Å². The fraction of sp³-hybridized carbons (Fsp3) is 0.154. The Morgan fingerprint density at radius 2 is 2.11 bits per heavy atom. The molecule has 1 aromatic heterocycles. The molecular formula is C13H12ClFN2O. The van der Waals surface area contributed by atoms with Crippen LogP contribution in [0.15, 0.2) is 36.5 Å². The fourth-order valence-corrected chi connectivity index (χ4v) is 1.55. The Bertz CT molecular complexity index is 543. The van der Waals surface area contributed by atoms with Gasteiger partial charge in [0.05, 0.1) is 5.02 Å². The van der Waals surface area contributed by atoms with Crippen molar-refractivity contribution in [1.82, 2.24) is 4.98 Å². The quantitative estimate of drug-likeness (QED) is 0.922. The summed E-state index contributed by atoms with van der Waals surface area (Å²) in [6.07, 6.45) is 1.64. The van der Waals surface area contributed by atoms with E-state index in [0.717, 1.165) is 5.56 Å². The van der Waals surface area contributed by atoms with E-state index in [2.05, 4.69) is 4.98 Å². The van der Waals surface area contributed by atoms with E-state index in [1.807, 2.05) is 13.0 Å². The molecule has 1 aromatic carbocycles. The summed E-state index contributed by atoms with van der Waals surface area (Å²) in [7, 11) is 0. The summed E-state index contributed by atoms with van der Waals surface area (Å²) in [4.78, 5) is 4.11. The van der Waals surface area contributed by atoms with Gasteiger partial charge in [-0.15, -0.1) is 0 Å². The molecule has 2 aromatic rings. The normalized spacial score (nSPS) is 12.2. The Morgan fingerprint density at radius 1 is 1.33 bits per heavy atom. The van der Waals surface area contributed by atoms with Crippen LogP contribution in [0.3, 0.4) is 0 Å². The minimum Gasteiger partial charge on any atom is -0.439 e. The van der Waals surface area contributed by atoms with Gasteiger partial charge >= 0.3 is 0 Å². The average molecular weight is 267 g/mol. The van der Waals surface area contributed by atoms with Gasteiger partial charge in [-0.2, -0.15) is 0 Å². The summed E-state index contributed by atoms with van der Waals surface area (Å²) in [5.41, 5.74) is 6.63. The molecular weight excluding hydrogens is 255 g/mol. The van der Waals surface area contributed by atoms with Crippen LogP contribution in [0.2, 0.25) is 5.02 Å². The number of pyridine rings is 1. The topological polar surface area (TPSA) is 48.1 Å². The molecule has 0 aliphatic carbocycles. The van der Waals surface area contributed by atoms with Gasteiger partial charge in [-0.05, 0) is 24.6 Å². The summed E-state index contributed by atoms with van der Waals surface area (Å²) >= 11 is 5.65. The average Bonchev–Trinajstić information content (AvgIpc) is 2.34. The highest BCUT2D eigenvalue weighted by Crippen LogP contribution is 2.25. The lowest BCUT2D eigenvalue weighted by Crippen LogP contribution is -2.05. The third-order valence-electron chi connectivity index (χ3n) is 2.40. The van der Waals surface area contributed by atoms with Crippen LogP contribution in [0.4, 0.5) is 4.39 Å². The third-order valence-corrected chi connectivity index (χ3v) is 2.69. The maximum Gasteiger partial charge on any atom is 0.219 e. The van der Waals surface area contributed by atoms with Crippen LogP contribution in [0.1, 0.15) is 18.5 Å². The van der Waals surface area contributed by atoms with E-state index in [1.165, 1.54) is 18.2 Å². The highest BCUT2D eigenvalue weighted by atomic mass is 35.5. The summed E-state index contributed by atoms with van der Waals surface area (Å²) < 4.78 is 18.4. The van der Waals surface area contributed by atoms with E-state index >= 15 is 0 Å². The maximum atomic E-state index is 13.0. The van der Waals surface area contributed by atoms with E-state index in [9.17, 15) is 4.39 Å². The predicted molar refractivity (Wildman–Crippen MR) is 68.3 cm³/mol. The van der Waals surface area contributed by atoms with Crippen molar-refractivity contribution in [2.24, 2.45) is 5.73 Å². The number of ether oxygens (including phenoxy) is 1. The molecule has 18 heavy (non-hydrogen) atoms. The summed E-state index contributed by atoms with van der Waals surface area (Å²) in [6.45, 7) is 1.87. The number of nitrogens with two attached hydrogens (primary N) is 1. The molecule has 2 rings (SSSR count). The first-order valence-corrected chi connectivity index (χ1v) is 5.78. The van der Waals surface area contributed by atoms with E-state index in [0.29, 0.717) is 11.6 Å². The molecule has 5 heteroatoms. The van der Waals surface area contributed by atoms with Crippen molar-refractivity contribution in [2.75, 3.05) is 0 Å². The zero-order valence-corrected chi connectivity index (χ0v) is 10.5. The molecule has 0 amide bonds. The van der Waals surface area contributed by atoms with Crippen LogP contribution >= 0.6 is 11.6 Å². The zero-order chi connectivity index (χ0) is 13.1. The van der Waals surface area contributed by atoms with Crippen LogP contribution in [-0.2, 0) is 0 Å². The van der Waals surface area contributed by atoms with Gasteiger partial charge in [-0.1, -0.05) is 17.7 Å². The standard InChI is InChI=1S/C13H12ClFN2O/c1-8(16)9-2-5-13(17-7-9)18-10-3-4-12(15)11(14)6-10/h2-8H,16H2,1H3. The largest absolute Gasteiger partial charge is 0.439 e. The van der Waals surface area contributed by atoms with Crippen molar-refractivity contribution >= 4 is 11.6 Å². The molecule has 94 valence electrons. The third kappa shape index (κ3) is 2.97. The fourth-order valence-electron chi connectivity index (χ4n) is 1.38. The molecule has 3 nitrogen and oxygen atoms in total. The minimum absolute atomic E-state index is 0.0136. The SMILES string of the molecule is CC(N)c1ccc(Oc2ccc(F)c(Cl)c2)nc1. The number of benzene rings is 1. The van der Waals surface area contributed by atoms with Crippen LogP contribution in [-0.4, -0.2) is 4.98 Å². The minimum atomic E-state index is -0.482. The first kappa shape index (κ1) is 12.8. The number of halogens is 2. The van der Waals surface area contributed by atoms with Gasteiger partial charge in [0.2, 0.25) is 5.88 Å². The summed E-state index contributed by atoms with van der Waals surface area (Å²) in [5.74, 6) is 0.355. The Kier molecular flexibility index (Phi) is 3.79. The zero-order valence-electron chi connectivity index (χ0n) is 9.73. The van der Waals surface area contributed by atoms with Crippen LogP contribution in [0.5, 0.6) is 11.6 Å². The number of hydrogen-bond acceptors (Lipinski definition) is 3. The molecule has 0 radical (unpaired) electrons. The molecule has 1 atom stereocenters. The smallest absolute Gasteiger partial charge is 0.219 e. The molecule has 1 heterocycles. The molecule has 0 saturated carbocycles. The Morgan fingerprint density at radius 3 is 2.67 bits per heavy atom. The van der Waals surface area contributed by atoms with E-state index in [1.54, 1.807) is 12.3 Å². The molecule has 0 fully saturated rings. The van der Waals surface area contributed by atoms with Crippen molar-refractivity contribution in [3.05, 3.63) is 52.9 Å². The van der Waals surface area contributed by atoms with Crippen LogP contribution in [0, 0.1) is 5.82 Å². The Labute approximate surface area is 109 Å². The number of rotatable bonds is 3. The molecule has 0 aliphatic rings. The molecule has 2 N–H and O–H groups in total.